The molecule has 0 radical (unpaired) electrons. The molecule has 3 rings (SSSR count). The summed E-state index contributed by atoms with van der Waals surface area (Å²) in [4.78, 5) is 18.1. The molecule has 0 unspecified atom stereocenters. The number of nitrogens with one attached hydrogen (secondary N) is 2. The molecule has 0 fully saturated rings. The largest absolute Gasteiger partial charge is 0.330 e. The maximum Gasteiger partial charge on any atom is 0.319 e. The van der Waals surface area contributed by atoms with Gasteiger partial charge in [-0.05, 0) is 39.3 Å². The van der Waals surface area contributed by atoms with Crippen LogP contribution in [0.3, 0.4) is 0 Å². The Hall–Kier alpha value is -2.74. The van der Waals surface area contributed by atoms with Crippen LogP contribution < -0.4 is 10.6 Å². The fourth-order valence-corrected chi connectivity index (χ4v) is 3.82. The summed E-state index contributed by atoms with van der Waals surface area (Å²) in [6, 6.07) is 5.30. The van der Waals surface area contributed by atoms with Crippen LogP contribution in [0.2, 0.25) is 0 Å². The Morgan fingerprint density at radius 2 is 2.04 bits per heavy atom. The van der Waals surface area contributed by atoms with E-state index in [1.807, 2.05) is 57.5 Å². The van der Waals surface area contributed by atoms with Gasteiger partial charge >= 0.3 is 6.03 Å². The molecule has 0 saturated carbocycles. The molecule has 2 heterocycles. The van der Waals surface area contributed by atoms with E-state index in [2.05, 4.69) is 25.8 Å². The molecule has 0 spiro atoms. The molecule has 2 amide bonds. The standard InChI is InChI=1S/C18H22N6OS/c1-10-14(17-23-19-9-24(17)5)7-6-8-15(10)22-18(25)20-11(2)16-12(3)26-13(4)21-16/h6-9,11H,1-5H3,(H2,20,22,25)/t11-/m1/s1. The second kappa shape index (κ2) is 7.25. The maximum absolute atomic E-state index is 12.5. The number of nitrogens with zero attached hydrogens (tertiary/aromatic N) is 4. The molecule has 3 aromatic rings. The van der Waals surface area contributed by atoms with E-state index in [-0.39, 0.29) is 12.1 Å². The number of aryl methyl sites for hydroxylation is 3. The number of urea groups is 1. The first kappa shape index (κ1) is 18.1. The molecule has 136 valence electrons. The number of rotatable bonds is 4. The first-order chi connectivity index (χ1) is 12.4. The zero-order valence-electron chi connectivity index (χ0n) is 15.5. The number of amides is 2. The highest BCUT2D eigenvalue weighted by Crippen LogP contribution is 2.27. The summed E-state index contributed by atoms with van der Waals surface area (Å²) in [5.74, 6) is 0.758. The predicted octanol–water partition coefficient (Wildman–Crippen LogP) is 3.75. The molecule has 8 heteroatoms. The van der Waals surface area contributed by atoms with Gasteiger partial charge in [-0.15, -0.1) is 21.5 Å². The topological polar surface area (TPSA) is 84.7 Å². The Morgan fingerprint density at radius 1 is 1.27 bits per heavy atom. The predicted molar refractivity (Wildman–Crippen MR) is 103 cm³/mol. The van der Waals surface area contributed by atoms with Crippen molar-refractivity contribution in [2.75, 3.05) is 5.32 Å². The molecule has 1 atom stereocenters. The number of carbonyl (C=O) groups excluding carboxylic acids is 1. The average molecular weight is 370 g/mol. The van der Waals surface area contributed by atoms with E-state index in [1.54, 1.807) is 17.7 Å². The normalized spacial score (nSPS) is 12.0. The molecule has 0 saturated heterocycles. The molecule has 7 nitrogen and oxygen atoms in total. The summed E-state index contributed by atoms with van der Waals surface area (Å²) in [5, 5.41) is 14.9. The third-order valence-corrected chi connectivity index (χ3v) is 5.13. The first-order valence-electron chi connectivity index (χ1n) is 8.32. The number of aromatic nitrogens is 4. The molecule has 0 bridgehead atoms. The third-order valence-electron chi connectivity index (χ3n) is 4.23. The fourth-order valence-electron chi connectivity index (χ4n) is 2.91. The van der Waals surface area contributed by atoms with Crippen LogP contribution in [0.4, 0.5) is 10.5 Å². The van der Waals surface area contributed by atoms with Gasteiger partial charge in [-0.25, -0.2) is 9.78 Å². The van der Waals surface area contributed by atoms with Gasteiger partial charge in [0.15, 0.2) is 5.82 Å². The van der Waals surface area contributed by atoms with Gasteiger partial charge in [0, 0.05) is 23.2 Å². The van der Waals surface area contributed by atoms with Gasteiger partial charge in [-0.3, -0.25) is 0 Å². The zero-order valence-corrected chi connectivity index (χ0v) is 16.3. The Kier molecular flexibility index (Phi) is 5.03. The van der Waals surface area contributed by atoms with Crippen molar-refractivity contribution >= 4 is 23.1 Å². The number of carbonyl (C=O) groups is 1. The van der Waals surface area contributed by atoms with Crippen molar-refractivity contribution in [3.8, 4) is 11.4 Å². The molecule has 0 aliphatic heterocycles. The monoisotopic (exact) mass is 370 g/mol. The third kappa shape index (κ3) is 3.60. The van der Waals surface area contributed by atoms with E-state index >= 15 is 0 Å². The second-order valence-corrected chi connectivity index (χ2v) is 7.65. The summed E-state index contributed by atoms with van der Waals surface area (Å²) in [5.41, 5.74) is 3.52. The number of benzene rings is 1. The molecule has 1 aromatic carbocycles. The Labute approximate surface area is 156 Å². The van der Waals surface area contributed by atoms with E-state index in [0.717, 1.165) is 38.2 Å². The highest BCUT2D eigenvalue weighted by molar-refractivity contribution is 7.11. The van der Waals surface area contributed by atoms with Gasteiger partial charge in [0.05, 0.1) is 16.7 Å². The lowest BCUT2D eigenvalue weighted by Gasteiger charge is -2.16. The minimum Gasteiger partial charge on any atom is -0.330 e. The quantitative estimate of drug-likeness (QED) is 0.732. The van der Waals surface area contributed by atoms with Gasteiger partial charge in [0.25, 0.3) is 0 Å². The molecule has 0 aliphatic rings. The van der Waals surface area contributed by atoms with E-state index in [1.165, 1.54) is 0 Å². The smallest absolute Gasteiger partial charge is 0.319 e. The van der Waals surface area contributed by atoms with Crippen LogP contribution in [0, 0.1) is 20.8 Å². The summed E-state index contributed by atoms with van der Waals surface area (Å²) < 4.78 is 1.85. The lowest BCUT2D eigenvalue weighted by molar-refractivity contribution is 0.249. The van der Waals surface area contributed by atoms with Crippen LogP contribution >= 0.6 is 11.3 Å². The van der Waals surface area contributed by atoms with Gasteiger partial charge in [-0.1, -0.05) is 12.1 Å². The molecule has 26 heavy (non-hydrogen) atoms. The summed E-state index contributed by atoms with van der Waals surface area (Å²) in [6.07, 6.45) is 1.65. The van der Waals surface area contributed by atoms with Crippen molar-refractivity contribution in [3.05, 3.63) is 45.7 Å². The molecule has 0 aliphatic carbocycles. The van der Waals surface area contributed by atoms with Crippen LogP contribution in [0.1, 0.15) is 34.1 Å². The average Bonchev–Trinajstić information content (AvgIpc) is 3.14. The van der Waals surface area contributed by atoms with E-state index in [0.29, 0.717) is 0 Å². The van der Waals surface area contributed by atoms with Crippen LogP contribution in [-0.4, -0.2) is 25.8 Å². The van der Waals surface area contributed by atoms with Crippen molar-refractivity contribution in [1.29, 1.82) is 0 Å². The van der Waals surface area contributed by atoms with Gasteiger partial charge in [-0.2, -0.15) is 0 Å². The van der Waals surface area contributed by atoms with Crippen molar-refractivity contribution in [2.45, 2.75) is 33.7 Å². The minimum atomic E-state index is -0.263. The molecular weight excluding hydrogens is 348 g/mol. The summed E-state index contributed by atoms with van der Waals surface area (Å²) in [7, 11) is 1.89. The fraction of sp³-hybridized carbons (Fsp3) is 0.333. The molecule has 2 aromatic heterocycles. The van der Waals surface area contributed by atoms with Crippen molar-refractivity contribution in [1.82, 2.24) is 25.1 Å². The van der Waals surface area contributed by atoms with Crippen molar-refractivity contribution in [2.24, 2.45) is 7.05 Å². The zero-order chi connectivity index (χ0) is 18.8. The lowest BCUT2D eigenvalue weighted by Crippen LogP contribution is -2.31. The van der Waals surface area contributed by atoms with Crippen molar-refractivity contribution in [3.63, 3.8) is 0 Å². The van der Waals surface area contributed by atoms with E-state index in [4.69, 9.17) is 0 Å². The minimum absolute atomic E-state index is 0.165. The SMILES string of the molecule is Cc1nc([C@@H](C)NC(=O)Nc2cccc(-c3nncn3C)c2C)c(C)s1. The van der Waals surface area contributed by atoms with Gasteiger partial charge in [0.1, 0.15) is 6.33 Å². The van der Waals surface area contributed by atoms with Crippen molar-refractivity contribution < 1.29 is 4.79 Å². The van der Waals surface area contributed by atoms with Crippen LogP contribution in [0.25, 0.3) is 11.4 Å². The van der Waals surface area contributed by atoms with Crippen LogP contribution in [-0.2, 0) is 7.05 Å². The van der Waals surface area contributed by atoms with E-state index < -0.39 is 0 Å². The number of thiazole rings is 1. The highest BCUT2D eigenvalue weighted by atomic mass is 32.1. The van der Waals surface area contributed by atoms with E-state index in [9.17, 15) is 4.79 Å². The Morgan fingerprint density at radius 3 is 2.65 bits per heavy atom. The number of anilines is 1. The van der Waals surface area contributed by atoms with Gasteiger partial charge < -0.3 is 15.2 Å². The molecular formula is C18H22N6OS. The first-order valence-corrected chi connectivity index (χ1v) is 9.14. The number of hydrogen-bond acceptors (Lipinski definition) is 5. The van der Waals surface area contributed by atoms with Crippen LogP contribution in [0.5, 0.6) is 0 Å². The number of hydrogen-bond donors (Lipinski definition) is 2. The molecule has 2 N–H and O–H groups in total. The highest BCUT2D eigenvalue weighted by Gasteiger charge is 2.17. The lowest BCUT2D eigenvalue weighted by atomic mass is 10.1. The van der Waals surface area contributed by atoms with Gasteiger partial charge in [0.2, 0.25) is 0 Å². The maximum atomic E-state index is 12.5. The Bertz CT molecular complexity index is 945. The second-order valence-electron chi connectivity index (χ2n) is 6.24. The Balaban J connectivity index is 1.76. The summed E-state index contributed by atoms with van der Waals surface area (Å²) in [6.45, 7) is 7.88. The van der Waals surface area contributed by atoms with Crippen LogP contribution in [0.15, 0.2) is 24.5 Å². The summed E-state index contributed by atoms with van der Waals surface area (Å²) >= 11 is 1.63.